The molecule has 33 heavy (non-hydrogen) atoms. The number of amides is 2. The van der Waals surface area contributed by atoms with Gasteiger partial charge in [0.05, 0.1) is 28.8 Å². The highest BCUT2D eigenvalue weighted by Gasteiger charge is 2.39. The first-order valence-electron chi connectivity index (χ1n) is 9.87. The van der Waals surface area contributed by atoms with Crippen molar-refractivity contribution in [1.29, 1.82) is 0 Å². The number of nitro groups is 1. The number of anilines is 1. The van der Waals surface area contributed by atoms with Gasteiger partial charge in [0.15, 0.2) is 5.17 Å². The van der Waals surface area contributed by atoms with Crippen molar-refractivity contribution in [1.82, 2.24) is 4.90 Å². The maximum Gasteiger partial charge on any atom is 0.296 e. The molecule has 0 radical (unpaired) electrons. The average Bonchev–Trinajstić information content (AvgIpc) is 3.05. The van der Waals surface area contributed by atoms with Crippen LogP contribution in [0, 0.1) is 15.9 Å². The van der Waals surface area contributed by atoms with E-state index >= 15 is 0 Å². The van der Waals surface area contributed by atoms with Crippen LogP contribution in [-0.2, 0) is 9.59 Å². The highest BCUT2D eigenvalue weighted by atomic mass is 35.5. The number of hydrogen-bond acceptors (Lipinski definition) is 7. The number of benzene rings is 2. The van der Waals surface area contributed by atoms with E-state index in [1.165, 1.54) is 48.4 Å². The lowest BCUT2D eigenvalue weighted by molar-refractivity contribution is -0.384. The van der Waals surface area contributed by atoms with Crippen molar-refractivity contribution in [3.8, 4) is 5.75 Å². The number of carbonyl (C=O) groups excluding carboxylic acids is 2. The second-order valence-electron chi connectivity index (χ2n) is 6.98. The highest BCUT2D eigenvalue weighted by molar-refractivity contribution is 8.15. The average molecular weight is 495 g/mol. The number of methoxy groups -OCH3 is 1. The fourth-order valence-electron chi connectivity index (χ4n) is 3.08. The molecule has 0 bridgehead atoms. The smallest absolute Gasteiger partial charge is 0.296 e. The van der Waals surface area contributed by atoms with Crippen LogP contribution in [0.5, 0.6) is 5.75 Å². The van der Waals surface area contributed by atoms with Crippen LogP contribution in [0.4, 0.5) is 21.5 Å². The lowest BCUT2D eigenvalue weighted by Gasteiger charge is -2.15. The number of carbonyl (C=O) groups is 2. The minimum absolute atomic E-state index is 0.00139. The summed E-state index contributed by atoms with van der Waals surface area (Å²) in [5, 5.41) is 13.3. The molecule has 0 spiro atoms. The first-order valence-corrected chi connectivity index (χ1v) is 11.1. The second-order valence-corrected chi connectivity index (χ2v) is 8.56. The molecule has 1 aliphatic rings. The molecule has 12 heteroatoms. The van der Waals surface area contributed by atoms with Gasteiger partial charge in [0, 0.05) is 13.0 Å². The van der Waals surface area contributed by atoms with E-state index in [9.17, 15) is 24.1 Å². The fraction of sp³-hybridized carbons (Fsp3) is 0.286. The molecular weight excluding hydrogens is 475 g/mol. The zero-order valence-corrected chi connectivity index (χ0v) is 19.3. The summed E-state index contributed by atoms with van der Waals surface area (Å²) in [6, 6.07) is 8.02. The van der Waals surface area contributed by atoms with E-state index in [2.05, 4.69) is 10.3 Å². The Labute approximate surface area is 198 Å². The molecule has 2 aromatic rings. The molecule has 0 aromatic heterocycles. The number of ether oxygens (including phenoxy) is 1. The Kier molecular flexibility index (Phi) is 7.88. The first kappa shape index (κ1) is 24.5. The van der Waals surface area contributed by atoms with Crippen molar-refractivity contribution in [3.63, 3.8) is 0 Å². The summed E-state index contributed by atoms with van der Waals surface area (Å²) in [7, 11) is 1.38. The van der Waals surface area contributed by atoms with Gasteiger partial charge in [-0.25, -0.2) is 9.38 Å². The fourth-order valence-corrected chi connectivity index (χ4v) is 4.44. The van der Waals surface area contributed by atoms with Gasteiger partial charge in [-0.1, -0.05) is 30.3 Å². The van der Waals surface area contributed by atoms with E-state index in [-0.39, 0.29) is 34.5 Å². The molecule has 1 atom stereocenters. The van der Waals surface area contributed by atoms with E-state index < -0.39 is 21.9 Å². The lowest BCUT2D eigenvalue weighted by Crippen LogP contribution is -2.34. The minimum atomic E-state index is -0.761. The van der Waals surface area contributed by atoms with Gasteiger partial charge in [-0.15, -0.1) is 0 Å². The third kappa shape index (κ3) is 5.79. The van der Waals surface area contributed by atoms with E-state index in [4.69, 9.17) is 16.3 Å². The maximum atomic E-state index is 13.4. The molecule has 1 heterocycles. The summed E-state index contributed by atoms with van der Waals surface area (Å²) in [5.74, 6) is -1.16. The predicted molar refractivity (Wildman–Crippen MR) is 125 cm³/mol. The van der Waals surface area contributed by atoms with Crippen LogP contribution in [0.3, 0.4) is 0 Å². The van der Waals surface area contributed by atoms with Crippen molar-refractivity contribution < 1.29 is 23.6 Å². The van der Waals surface area contributed by atoms with Gasteiger partial charge in [0.1, 0.15) is 22.5 Å². The molecule has 0 aliphatic carbocycles. The molecule has 2 aromatic carbocycles. The number of thioether (sulfide) groups is 1. The summed E-state index contributed by atoms with van der Waals surface area (Å²) in [6.07, 6.45) is 0.447. The summed E-state index contributed by atoms with van der Waals surface area (Å²) in [5.41, 5.74) is 0.0504. The Morgan fingerprint density at radius 3 is 2.76 bits per heavy atom. The number of nitrogens with zero attached hydrogens (tertiary/aromatic N) is 3. The molecular formula is C21H20ClFN4O5S. The Morgan fingerprint density at radius 2 is 2.12 bits per heavy atom. The van der Waals surface area contributed by atoms with Crippen molar-refractivity contribution in [2.24, 2.45) is 4.99 Å². The van der Waals surface area contributed by atoms with Crippen LogP contribution < -0.4 is 10.1 Å². The van der Waals surface area contributed by atoms with Crippen molar-refractivity contribution in [3.05, 3.63) is 57.4 Å². The Hall–Kier alpha value is -3.18. The summed E-state index contributed by atoms with van der Waals surface area (Å²) < 4.78 is 18.4. The van der Waals surface area contributed by atoms with Gasteiger partial charge < -0.3 is 10.1 Å². The van der Waals surface area contributed by atoms with E-state index in [1.54, 1.807) is 0 Å². The van der Waals surface area contributed by atoms with Gasteiger partial charge in [-0.2, -0.15) is 0 Å². The van der Waals surface area contributed by atoms with Crippen LogP contribution in [0.25, 0.3) is 0 Å². The van der Waals surface area contributed by atoms with Crippen molar-refractivity contribution in [2.75, 3.05) is 19.0 Å². The van der Waals surface area contributed by atoms with Crippen LogP contribution in [-0.4, -0.2) is 45.7 Å². The number of rotatable bonds is 8. The molecule has 3 rings (SSSR count). The Bertz CT molecular complexity index is 1130. The highest BCUT2D eigenvalue weighted by Crippen LogP contribution is 2.34. The summed E-state index contributed by atoms with van der Waals surface area (Å²) >= 11 is 6.92. The minimum Gasteiger partial charge on any atom is -0.496 e. The molecule has 1 N–H and O–H groups in total. The SMILES string of the molecule is CCCN1C(=O)C(CC(=O)Nc2ccc(OC)cc2[N+](=O)[O-])SC1=Nc1ccc(F)c(Cl)c1. The standard InChI is InChI=1S/C21H20ClFN4O5S/c1-3-8-26-20(29)18(33-21(26)24-12-4-6-15(23)14(22)9-12)11-19(28)25-16-7-5-13(32-2)10-17(16)27(30)31/h4-7,9-10,18H,3,8,11H2,1-2H3,(H,25,28). The maximum absolute atomic E-state index is 13.4. The van der Waals surface area contributed by atoms with Crippen LogP contribution in [0.1, 0.15) is 19.8 Å². The number of nitro benzene ring substituents is 1. The van der Waals surface area contributed by atoms with Crippen LogP contribution in [0.15, 0.2) is 41.4 Å². The monoisotopic (exact) mass is 494 g/mol. The normalized spacial score (nSPS) is 16.8. The molecule has 1 saturated heterocycles. The summed E-state index contributed by atoms with van der Waals surface area (Å²) in [4.78, 5) is 42.1. The van der Waals surface area contributed by atoms with E-state index in [0.29, 0.717) is 23.8 Å². The zero-order chi connectivity index (χ0) is 24.1. The number of nitrogens with one attached hydrogen (secondary N) is 1. The molecule has 1 fully saturated rings. The van der Waals surface area contributed by atoms with Gasteiger partial charge in [0.25, 0.3) is 5.69 Å². The summed E-state index contributed by atoms with van der Waals surface area (Å²) in [6.45, 7) is 2.29. The van der Waals surface area contributed by atoms with Gasteiger partial charge >= 0.3 is 0 Å². The van der Waals surface area contributed by atoms with Crippen molar-refractivity contribution in [2.45, 2.75) is 25.0 Å². The molecule has 9 nitrogen and oxygen atoms in total. The number of hydrogen-bond donors (Lipinski definition) is 1. The Morgan fingerprint density at radius 1 is 1.36 bits per heavy atom. The number of aliphatic imine (C=N–C) groups is 1. The number of amidine groups is 1. The predicted octanol–water partition coefficient (Wildman–Crippen LogP) is 4.77. The topological polar surface area (TPSA) is 114 Å². The van der Waals surface area contributed by atoms with E-state index in [0.717, 1.165) is 11.8 Å². The zero-order valence-electron chi connectivity index (χ0n) is 17.7. The molecule has 1 aliphatic heterocycles. The molecule has 0 saturated carbocycles. The quantitative estimate of drug-likeness (QED) is 0.417. The number of halogens is 2. The third-order valence-corrected chi connectivity index (χ3v) is 6.11. The van der Waals surface area contributed by atoms with Crippen LogP contribution >= 0.6 is 23.4 Å². The Balaban J connectivity index is 1.77. The largest absolute Gasteiger partial charge is 0.496 e. The van der Waals surface area contributed by atoms with E-state index in [1.807, 2.05) is 6.92 Å². The molecule has 2 amide bonds. The van der Waals surface area contributed by atoms with Gasteiger partial charge in [-0.05, 0) is 36.8 Å². The molecule has 1 unspecified atom stereocenters. The van der Waals surface area contributed by atoms with Gasteiger partial charge in [-0.3, -0.25) is 24.6 Å². The van der Waals surface area contributed by atoms with Crippen molar-refractivity contribution >= 4 is 57.4 Å². The molecule has 174 valence electrons. The second kappa shape index (κ2) is 10.6. The van der Waals surface area contributed by atoms with Gasteiger partial charge in [0.2, 0.25) is 11.8 Å². The first-order chi connectivity index (χ1) is 15.7. The lowest BCUT2D eigenvalue weighted by atomic mass is 10.2. The van der Waals surface area contributed by atoms with Crippen LogP contribution in [0.2, 0.25) is 5.02 Å². The third-order valence-electron chi connectivity index (χ3n) is 4.64.